The molecule has 1 aromatic carbocycles. The highest BCUT2D eigenvalue weighted by molar-refractivity contribution is 5.82. The summed E-state index contributed by atoms with van der Waals surface area (Å²) in [6.45, 7) is 13.5. The molecular weight excluding hydrogens is 883 g/mol. The van der Waals surface area contributed by atoms with Crippen molar-refractivity contribution in [1.29, 1.82) is 0 Å². The Labute approximate surface area is 403 Å². The topological polar surface area (TPSA) is 157 Å². The number of carbonyl (C=O) groups excluding carboxylic acids is 4. The molecule has 8 unspecified atom stereocenters. The number of carbonyl (C=O) groups is 4. The number of amides is 2. The van der Waals surface area contributed by atoms with Crippen LogP contribution in [0, 0.1) is 23.7 Å². The van der Waals surface area contributed by atoms with Gasteiger partial charge in [0.15, 0.2) is 0 Å². The minimum Gasteiger partial charge on any atom is -0.493 e. The number of halogens is 2. The summed E-state index contributed by atoms with van der Waals surface area (Å²) in [4.78, 5) is 55.0. The molecule has 2 aliphatic carbocycles. The maximum absolute atomic E-state index is 14.0. The van der Waals surface area contributed by atoms with E-state index >= 15 is 0 Å². The highest BCUT2D eigenvalue weighted by Crippen LogP contribution is 2.39. The van der Waals surface area contributed by atoms with E-state index in [4.69, 9.17) is 37.9 Å². The number of cyclic esters (lactones) is 2. The SMILES string of the molecule is COCN(C(=O)OC(C)(C)C)C1CCCC(Cc2ccc(OCCC3OC(=O)C(NC(=O)OC(C)(C)C)CCCC(CC4CCCC4)C3OCC3CC3)cc2)C(OCCC(C)(F)F)C(C)OC1=O. The van der Waals surface area contributed by atoms with Crippen LogP contribution in [0.25, 0.3) is 0 Å². The summed E-state index contributed by atoms with van der Waals surface area (Å²) in [7, 11) is 1.42. The van der Waals surface area contributed by atoms with Gasteiger partial charge < -0.3 is 43.2 Å². The number of nitrogens with one attached hydrogen (secondary N) is 1. The highest BCUT2D eigenvalue weighted by atomic mass is 19.3. The first-order valence-electron chi connectivity index (χ1n) is 25.3. The first kappa shape index (κ1) is 55.2. The molecule has 2 saturated carbocycles. The molecule has 14 nitrogen and oxygen atoms in total. The summed E-state index contributed by atoms with van der Waals surface area (Å²) in [6.07, 6.45) is 8.05. The van der Waals surface area contributed by atoms with Gasteiger partial charge in [-0.2, -0.15) is 0 Å². The number of methoxy groups -OCH3 is 1. The number of hydrogen-bond acceptors (Lipinski definition) is 12. The van der Waals surface area contributed by atoms with Crippen LogP contribution in [0.4, 0.5) is 18.4 Å². The van der Waals surface area contributed by atoms with Crippen molar-refractivity contribution >= 4 is 24.1 Å². The van der Waals surface area contributed by atoms with Gasteiger partial charge in [0, 0.05) is 26.6 Å². The zero-order chi connectivity index (χ0) is 49.6. The molecular formula is C52H82F2N2O12. The third-order valence-corrected chi connectivity index (χ3v) is 13.2. The van der Waals surface area contributed by atoms with Crippen molar-refractivity contribution in [3.63, 3.8) is 0 Å². The van der Waals surface area contributed by atoms with E-state index in [-0.39, 0.29) is 44.3 Å². The Morgan fingerprint density at radius 1 is 0.750 bits per heavy atom. The first-order valence-corrected chi connectivity index (χ1v) is 25.3. The number of nitrogens with zero attached hydrogens (tertiary/aromatic N) is 1. The number of hydrogen-bond donors (Lipinski definition) is 1. The van der Waals surface area contributed by atoms with E-state index in [1.54, 1.807) is 48.5 Å². The first-order chi connectivity index (χ1) is 32.1. The van der Waals surface area contributed by atoms with Crippen LogP contribution in [0.5, 0.6) is 5.75 Å². The van der Waals surface area contributed by atoms with Gasteiger partial charge in [0.05, 0.1) is 25.4 Å². The fraction of sp³-hybridized carbons (Fsp3) is 0.808. The van der Waals surface area contributed by atoms with Crippen molar-refractivity contribution in [3.8, 4) is 5.75 Å². The lowest BCUT2D eigenvalue weighted by Crippen LogP contribution is -2.49. The molecule has 0 spiro atoms. The summed E-state index contributed by atoms with van der Waals surface area (Å²) in [5.74, 6) is -2.41. The predicted molar refractivity (Wildman–Crippen MR) is 251 cm³/mol. The summed E-state index contributed by atoms with van der Waals surface area (Å²) >= 11 is 0. The van der Waals surface area contributed by atoms with Crippen LogP contribution in [0.1, 0.15) is 157 Å². The molecule has 68 heavy (non-hydrogen) atoms. The van der Waals surface area contributed by atoms with Gasteiger partial charge in [-0.3, -0.25) is 4.90 Å². The van der Waals surface area contributed by atoms with Crippen molar-refractivity contribution in [1.82, 2.24) is 10.2 Å². The number of alkyl halides is 2. The minimum atomic E-state index is -2.94. The molecule has 0 radical (unpaired) electrons. The molecule has 2 saturated heterocycles. The lowest BCUT2D eigenvalue weighted by molar-refractivity contribution is -0.167. The van der Waals surface area contributed by atoms with Gasteiger partial charge in [-0.1, -0.05) is 50.7 Å². The summed E-state index contributed by atoms with van der Waals surface area (Å²) in [5, 5.41) is 2.78. The van der Waals surface area contributed by atoms with Gasteiger partial charge in [-0.05, 0) is 148 Å². The van der Waals surface area contributed by atoms with E-state index < -0.39 is 78.1 Å². The molecule has 4 aliphatic rings. The second-order valence-corrected chi connectivity index (χ2v) is 21.9. The average molecular weight is 965 g/mol. The Bertz CT molecular complexity index is 1740. The number of esters is 2. The van der Waals surface area contributed by atoms with E-state index in [0.29, 0.717) is 56.3 Å². The predicted octanol–water partition coefficient (Wildman–Crippen LogP) is 10.4. The second kappa shape index (κ2) is 25.4. The van der Waals surface area contributed by atoms with Crippen molar-refractivity contribution in [2.75, 3.05) is 33.7 Å². The molecule has 2 amide bonds. The van der Waals surface area contributed by atoms with Crippen LogP contribution in [-0.2, 0) is 49.2 Å². The zero-order valence-corrected chi connectivity index (χ0v) is 42.3. The van der Waals surface area contributed by atoms with E-state index in [2.05, 4.69) is 5.32 Å². The standard InChI is InChI=1S/C52H82F2N2O12/c1-34-44(63-29-27-52(8,53)54)38(17-13-19-42(47(58)65-34)56(33-61-9)49(60)68-51(5,6)7)31-36-22-24-40(25-23-36)62-28-26-43-45(64-32-37-20-21-37)39(30-35-14-10-11-15-35)16-12-18-41(46(57)66-43)55-48(59)67-50(2,3)4/h22-25,34-35,37-39,41-45H,10-21,26-33H2,1-9H3,(H,55,59). The maximum atomic E-state index is 14.0. The van der Waals surface area contributed by atoms with Crippen molar-refractivity contribution in [3.05, 3.63) is 29.8 Å². The number of ether oxygens (including phenoxy) is 8. The molecule has 2 heterocycles. The van der Waals surface area contributed by atoms with Crippen LogP contribution in [0.3, 0.4) is 0 Å². The minimum absolute atomic E-state index is 0.185. The molecule has 0 bridgehead atoms. The van der Waals surface area contributed by atoms with Crippen LogP contribution in [-0.4, -0.2) is 116 Å². The second-order valence-electron chi connectivity index (χ2n) is 21.9. The monoisotopic (exact) mass is 965 g/mol. The lowest BCUT2D eigenvalue weighted by Gasteiger charge is -2.34. The molecule has 0 aromatic heterocycles. The Kier molecular flexibility index (Phi) is 20.6. The zero-order valence-electron chi connectivity index (χ0n) is 42.3. The lowest BCUT2D eigenvalue weighted by atomic mass is 9.83. The van der Waals surface area contributed by atoms with Gasteiger partial charge in [-0.15, -0.1) is 0 Å². The average Bonchev–Trinajstić information content (AvgIpc) is 3.90. The fourth-order valence-electron chi connectivity index (χ4n) is 9.74. The van der Waals surface area contributed by atoms with Crippen molar-refractivity contribution in [2.24, 2.45) is 23.7 Å². The number of alkyl carbamates (subject to hydrolysis) is 1. The van der Waals surface area contributed by atoms with Crippen LogP contribution < -0.4 is 10.1 Å². The Morgan fingerprint density at radius 3 is 2.04 bits per heavy atom. The summed E-state index contributed by atoms with van der Waals surface area (Å²) in [6, 6.07) is 5.81. The molecule has 16 heteroatoms. The Morgan fingerprint density at radius 2 is 1.41 bits per heavy atom. The summed E-state index contributed by atoms with van der Waals surface area (Å²) < 4.78 is 76.0. The highest BCUT2D eigenvalue weighted by Gasteiger charge is 2.42. The third-order valence-electron chi connectivity index (χ3n) is 13.2. The maximum Gasteiger partial charge on any atom is 0.412 e. The largest absolute Gasteiger partial charge is 0.493 e. The van der Waals surface area contributed by atoms with Crippen LogP contribution in [0.15, 0.2) is 24.3 Å². The number of rotatable bonds is 19. The van der Waals surface area contributed by atoms with Gasteiger partial charge in [0.25, 0.3) is 0 Å². The molecule has 1 N–H and O–H groups in total. The molecule has 5 rings (SSSR count). The van der Waals surface area contributed by atoms with Gasteiger partial charge in [0.2, 0.25) is 5.92 Å². The van der Waals surface area contributed by atoms with E-state index in [9.17, 15) is 28.0 Å². The Hall–Kier alpha value is -3.76. The third kappa shape index (κ3) is 18.9. The number of benzene rings is 1. The fourth-order valence-corrected chi connectivity index (χ4v) is 9.74. The quantitative estimate of drug-likeness (QED) is 0.0796. The van der Waals surface area contributed by atoms with Crippen LogP contribution >= 0.6 is 0 Å². The van der Waals surface area contributed by atoms with Gasteiger partial charge >= 0.3 is 24.1 Å². The van der Waals surface area contributed by atoms with E-state index in [0.717, 1.165) is 44.6 Å². The summed E-state index contributed by atoms with van der Waals surface area (Å²) in [5.41, 5.74) is -0.594. The normalized spacial score (nSPS) is 27.0. The van der Waals surface area contributed by atoms with E-state index in [1.165, 1.54) is 37.7 Å². The molecule has 2 aliphatic heterocycles. The molecule has 4 fully saturated rings. The van der Waals surface area contributed by atoms with E-state index in [1.807, 2.05) is 24.3 Å². The molecule has 8 atom stereocenters. The Balaban J connectivity index is 1.30. The smallest absolute Gasteiger partial charge is 0.412 e. The molecule has 1 aromatic rings. The van der Waals surface area contributed by atoms with Gasteiger partial charge in [-0.25, -0.2) is 28.0 Å². The molecule has 386 valence electrons. The van der Waals surface area contributed by atoms with Crippen molar-refractivity contribution in [2.45, 2.75) is 212 Å². The van der Waals surface area contributed by atoms with Crippen molar-refractivity contribution < 1.29 is 65.9 Å². The van der Waals surface area contributed by atoms with Crippen LogP contribution in [0.2, 0.25) is 0 Å². The van der Waals surface area contributed by atoms with Gasteiger partial charge in [0.1, 0.15) is 48.0 Å².